The van der Waals surface area contributed by atoms with Crippen LogP contribution in [0.3, 0.4) is 0 Å². The number of aliphatic hydroxyl groups excluding tert-OH is 1. The van der Waals surface area contributed by atoms with Crippen molar-refractivity contribution in [3.63, 3.8) is 0 Å². The first-order chi connectivity index (χ1) is 48.7. The van der Waals surface area contributed by atoms with Gasteiger partial charge in [0.15, 0.2) is 0 Å². The van der Waals surface area contributed by atoms with E-state index in [-0.39, 0.29) is 26.4 Å². The average molecular weight is 1350 g/mol. The first-order valence-corrected chi connectivity index (χ1v) is 34.6. The first-order valence-electron chi connectivity index (χ1n) is 34.6. The predicted octanol–water partition coefficient (Wildman–Crippen LogP) is 16.6. The first kappa shape index (κ1) is 74.7. The highest BCUT2D eigenvalue weighted by molar-refractivity contribution is 5.53. The summed E-state index contributed by atoms with van der Waals surface area (Å²) < 4.78 is 82.9. The molecule has 0 saturated carbocycles. The van der Waals surface area contributed by atoms with Crippen molar-refractivity contribution < 1.29 is 66.7 Å². The number of ether oxygens (including phenoxy) is 13. The minimum absolute atomic E-state index is 0.218. The molecule has 0 bridgehead atoms. The number of unbranched alkanes of at least 4 members (excludes halogenated alkanes) is 5. The Bertz CT molecular complexity index is 3140. The molecule has 0 aromatic heterocycles. The van der Waals surface area contributed by atoms with Crippen LogP contribution in [0, 0.1) is 5.41 Å². The van der Waals surface area contributed by atoms with Gasteiger partial charge in [-0.2, -0.15) is 0 Å². The van der Waals surface area contributed by atoms with Crippen LogP contribution in [-0.4, -0.2) is 127 Å². The van der Waals surface area contributed by atoms with Crippen molar-refractivity contribution in [1.82, 2.24) is 0 Å². The number of benzene rings is 9. The van der Waals surface area contributed by atoms with Gasteiger partial charge in [-0.1, -0.05) is 189 Å². The number of rotatable bonds is 46. The van der Waals surface area contributed by atoms with Crippen LogP contribution in [0.15, 0.2) is 237 Å². The molecule has 9 aromatic rings. The Morgan fingerprint density at radius 1 is 0.222 bits per heavy atom. The van der Waals surface area contributed by atoms with Crippen LogP contribution < -0.4 is 28.4 Å². The fourth-order valence-corrected chi connectivity index (χ4v) is 12.8. The molecule has 0 radical (unpaired) electrons. The van der Waals surface area contributed by atoms with Crippen LogP contribution in [0.2, 0.25) is 0 Å². The van der Waals surface area contributed by atoms with Crippen molar-refractivity contribution in [2.45, 2.75) is 74.6 Å². The minimum atomic E-state index is -0.987. The Hall–Kier alpha value is -8.54. The Labute approximate surface area is 586 Å². The highest BCUT2D eigenvalue weighted by atomic mass is 16.5. The van der Waals surface area contributed by atoms with E-state index in [4.69, 9.17) is 61.6 Å². The lowest BCUT2D eigenvalue weighted by Gasteiger charge is -2.36. The van der Waals surface area contributed by atoms with Crippen molar-refractivity contribution in [2.24, 2.45) is 5.41 Å². The molecule has 1 N–H and O–H groups in total. The van der Waals surface area contributed by atoms with Crippen molar-refractivity contribution in [2.75, 3.05) is 122 Å². The zero-order chi connectivity index (χ0) is 69.3. The van der Waals surface area contributed by atoms with E-state index >= 15 is 0 Å². The normalized spacial score (nSPS) is 11.9. The molecule has 0 aliphatic rings. The molecule has 524 valence electrons. The highest BCUT2D eigenvalue weighted by Crippen LogP contribution is 2.45. The highest BCUT2D eigenvalue weighted by Gasteiger charge is 2.41. The van der Waals surface area contributed by atoms with Gasteiger partial charge in [-0.05, 0) is 155 Å². The Morgan fingerprint density at radius 2 is 0.424 bits per heavy atom. The summed E-state index contributed by atoms with van der Waals surface area (Å²) in [6.45, 7) is 4.15. The molecule has 0 aliphatic carbocycles. The topological polar surface area (TPSA) is 140 Å². The van der Waals surface area contributed by atoms with E-state index in [0.717, 1.165) is 123 Å². The third-order valence-corrected chi connectivity index (χ3v) is 18.1. The molecule has 0 atom stereocenters. The molecule has 0 aliphatic heterocycles. The van der Waals surface area contributed by atoms with Gasteiger partial charge >= 0.3 is 0 Å². The number of hydrogen-bond acceptors (Lipinski definition) is 14. The van der Waals surface area contributed by atoms with Gasteiger partial charge in [-0.3, -0.25) is 0 Å². The van der Waals surface area contributed by atoms with Gasteiger partial charge < -0.3 is 66.7 Å². The smallest absolute Gasteiger partial charge is 0.143 e. The molecule has 0 amide bonds. The monoisotopic (exact) mass is 1340 g/mol. The molecular weight excluding hydrogens is 1240 g/mol. The standard InChI is InChI=1S/C85H100O14/c1-87-76-43-31-70(32-44-76)83(67-25-14-11-15-26-67,71-33-45-77(88-2)46-34-71)97-60-22-57-94-64-82(63-93-56-21-10-8-7-9-20-55-86,65-95-58-23-61-98-84(68-27-16-12-17-28-68,72-35-47-78(89-3)48-36-72)73-37-49-79(90-4)50-38-73)66-96-59-24-62-99-85(69-29-18-13-19-30-69,74-39-51-80(91-5)52-40-74)75-41-53-81(92-6)54-42-75/h11-19,25-54,86H,7-10,20-24,55-66H2,1-6H3. The minimum Gasteiger partial charge on any atom is -0.497 e. The van der Waals surface area contributed by atoms with Gasteiger partial charge in [0.1, 0.15) is 51.3 Å². The second-order valence-corrected chi connectivity index (χ2v) is 24.7. The van der Waals surface area contributed by atoms with E-state index < -0.39 is 22.2 Å². The van der Waals surface area contributed by atoms with Crippen LogP contribution in [0.5, 0.6) is 34.5 Å². The van der Waals surface area contributed by atoms with E-state index in [2.05, 4.69) is 109 Å². The summed E-state index contributed by atoms with van der Waals surface area (Å²) in [7, 11) is 10.0. The SMILES string of the molecule is COc1ccc(C(OCCCOCC(COCCCCCCCCO)(COCCCOC(c2ccccc2)(c2ccc(OC)cc2)c2ccc(OC)cc2)COCCCOC(c2ccccc2)(c2ccc(OC)cc2)c2ccc(OC)cc2)(c2ccccc2)c2ccc(OC)cc2)cc1. The van der Waals surface area contributed by atoms with Gasteiger partial charge in [0, 0.05) is 33.0 Å². The molecule has 99 heavy (non-hydrogen) atoms. The molecule has 9 rings (SSSR count). The Morgan fingerprint density at radius 3 is 0.646 bits per heavy atom. The van der Waals surface area contributed by atoms with E-state index in [1.54, 1.807) is 42.7 Å². The fraction of sp³-hybridized carbons (Fsp3) is 0.365. The second kappa shape index (κ2) is 39.3. The van der Waals surface area contributed by atoms with Gasteiger partial charge in [0.25, 0.3) is 0 Å². The molecule has 0 heterocycles. The number of aliphatic hydroxyl groups is 1. The largest absolute Gasteiger partial charge is 0.497 e. The molecule has 0 unspecified atom stereocenters. The summed E-state index contributed by atoms with van der Waals surface area (Å²) >= 11 is 0. The number of hydrogen-bond donors (Lipinski definition) is 1. The molecular formula is C85H100O14. The molecule has 0 fully saturated rings. The quantitative estimate of drug-likeness (QED) is 0.0286. The lowest BCUT2D eigenvalue weighted by Crippen LogP contribution is -2.42. The van der Waals surface area contributed by atoms with E-state index in [1.807, 2.05) is 127 Å². The summed E-state index contributed by atoms with van der Waals surface area (Å²) in [5.74, 6) is 4.50. The Kier molecular flexibility index (Phi) is 29.6. The molecule has 0 spiro atoms. The maximum absolute atomic E-state index is 9.41. The average Bonchev–Trinajstić information content (AvgIpc) is 0.771. The second-order valence-electron chi connectivity index (χ2n) is 24.7. The van der Waals surface area contributed by atoms with Crippen molar-refractivity contribution >= 4 is 0 Å². The summed E-state index contributed by atoms with van der Waals surface area (Å²) in [6.07, 6.45) is 7.61. The molecule has 14 nitrogen and oxygen atoms in total. The van der Waals surface area contributed by atoms with E-state index in [9.17, 15) is 5.11 Å². The van der Waals surface area contributed by atoms with Crippen LogP contribution >= 0.6 is 0 Å². The van der Waals surface area contributed by atoms with E-state index in [0.29, 0.717) is 72.1 Å². The Balaban J connectivity index is 0.970. The third-order valence-electron chi connectivity index (χ3n) is 18.1. The van der Waals surface area contributed by atoms with Crippen LogP contribution in [-0.2, 0) is 50.0 Å². The summed E-state index contributed by atoms with van der Waals surface area (Å²) in [6, 6.07) is 79.5. The van der Waals surface area contributed by atoms with Crippen molar-refractivity contribution in [1.29, 1.82) is 0 Å². The lowest BCUT2D eigenvalue weighted by atomic mass is 9.80. The maximum atomic E-state index is 9.41. The van der Waals surface area contributed by atoms with Gasteiger partial charge in [-0.15, -0.1) is 0 Å². The summed E-state index contributed by atoms with van der Waals surface area (Å²) in [5.41, 5.74) is 4.93. The van der Waals surface area contributed by atoms with Gasteiger partial charge in [0.2, 0.25) is 0 Å². The lowest BCUT2D eigenvalue weighted by molar-refractivity contribution is -0.113. The predicted molar refractivity (Wildman–Crippen MR) is 389 cm³/mol. The van der Waals surface area contributed by atoms with Crippen LogP contribution in [0.25, 0.3) is 0 Å². The molecule has 0 saturated heterocycles. The van der Waals surface area contributed by atoms with Gasteiger partial charge in [0.05, 0.1) is 94.3 Å². The zero-order valence-electron chi connectivity index (χ0n) is 58.6. The van der Waals surface area contributed by atoms with Crippen molar-refractivity contribution in [3.05, 3.63) is 287 Å². The van der Waals surface area contributed by atoms with Gasteiger partial charge in [-0.25, -0.2) is 0 Å². The van der Waals surface area contributed by atoms with Crippen LogP contribution in [0.1, 0.15) is 108 Å². The van der Waals surface area contributed by atoms with Crippen LogP contribution in [0.4, 0.5) is 0 Å². The fourth-order valence-electron chi connectivity index (χ4n) is 12.8. The summed E-state index contributed by atoms with van der Waals surface area (Å²) in [5, 5.41) is 9.41. The van der Waals surface area contributed by atoms with E-state index in [1.165, 1.54) is 0 Å². The third kappa shape index (κ3) is 19.7. The summed E-state index contributed by atoms with van der Waals surface area (Å²) in [4.78, 5) is 0. The molecule has 9 aromatic carbocycles. The zero-order valence-corrected chi connectivity index (χ0v) is 58.6. The number of methoxy groups -OCH3 is 6. The van der Waals surface area contributed by atoms with Crippen molar-refractivity contribution in [3.8, 4) is 34.5 Å². The molecule has 14 heteroatoms. The maximum Gasteiger partial charge on any atom is 0.143 e.